The molecule has 0 spiro atoms. The predicted molar refractivity (Wildman–Crippen MR) is 315 cm³/mol. The Morgan fingerprint density at radius 3 is 1.08 bits per heavy atom. The smallest absolute Gasteiger partial charge is 0.305 e. The molecule has 0 aliphatic rings. The van der Waals surface area contributed by atoms with Crippen LogP contribution in [-0.4, -0.2) is 47.4 Å². The van der Waals surface area contributed by atoms with Crippen LogP contribution in [0.5, 0.6) is 0 Å². The van der Waals surface area contributed by atoms with E-state index in [1.54, 1.807) is 6.08 Å². The van der Waals surface area contributed by atoms with Gasteiger partial charge >= 0.3 is 5.97 Å². The van der Waals surface area contributed by atoms with Crippen LogP contribution in [0.2, 0.25) is 0 Å². The zero-order valence-corrected chi connectivity index (χ0v) is 47.9. The minimum atomic E-state index is -0.842. The van der Waals surface area contributed by atoms with E-state index in [2.05, 4.69) is 67.8 Å². The summed E-state index contributed by atoms with van der Waals surface area (Å²) in [4.78, 5) is 24.4. The van der Waals surface area contributed by atoms with Gasteiger partial charge in [0, 0.05) is 12.8 Å². The van der Waals surface area contributed by atoms with Gasteiger partial charge in [0.15, 0.2) is 0 Å². The summed E-state index contributed by atoms with van der Waals surface area (Å²) in [6.45, 7) is 4.84. The summed E-state index contributed by atoms with van der Waals surface area (Å²) in [5.74, 6) is -0.0722. The van der Waals surface area contributed by atoms with E-state index in [0.717, 1.165) is 57.8 Å². The number of allylic oxidation sites excluding steroid dienone is 9. The van der Waals surface area contributed by atoms with E-state index in [1.165, 1.54) is 238 Å². The third-order valence-electron chi connectivity index (χ3n) is 14.3. The third-order valence-corrected chi connectivity index (χ3v) is 14.3. The molecular weight excluding hydrogens is 887 g/mol. The molecule has 0 aliphatic heterocycles. The molecule has 6 heteroatoms. The Morgan fingerprint density at radius 2 is 0.694 bits per heavy atom. The van der Waals surface area contributed by atoms with Gasteiger partial charge < -0.3 is 20.3 Å². The van der Waals surface area contributed by atoms with Crippen molar-refractivity contribution in [3.63, 3.8) is 0 Å². The highest BCUT2D eigenvalue weighted by Crippen LogP contribution is 2.16. The number of esters is 1. The van der Waals surface area contributed by atoms with Crippen LogP contribution < -0.4 is 5.32 Å². The first kappa shape index (κ1) is 69.6. The molecule has 0 saturated carbocycles. The molecule has 2 unspecified atom stereocenters. The molecule has 0 saturated heterocycles. The molecule has 0 rings (SSSR count). The lowest BCUT2D eigenvalue weighted by Crippen LogP contribution is -2.45. The second-order valence-corrected chi connectivity index (χ2v) is 21.4. The Morgan fingerprint density at radius 1 is 0.389 bits per heavy atom. The SMILES string of the molecule is CCCCC/C=C\C/C=C\CCCCCCCC(=O)OCCCCCCCCCCC/C=C\C/C=C\CCCCCCCCCCCCCCCCCC(=O)NC(CO)C(O)/C=C/CCCCCCCCC. The lowest BCUT2D eigenvalue weighted by Gasteiger charge is -2.20. The molecule has 0 bridgehead atoms. The van der Waals surface area contributed by atoms with E-state index in [-0.39, 0.29) is 18.5 Å². The van der Waals surface area contributed by atoms with E-state index in [0.29, 0.717) is 19.4 Å². The standard InChI is InChI=1S/C66H121NO5/c1-3-5-7-9-11-13-14-15-33-37-40-44-48-52-56-60-66(71)72-61-57-53-49-45-41-38-35-32-30-28-26-24-22-20-18-16-17-19-21-23-25-27-29-31-34-36-39-43-47-51-55-59-65(70)67-63(62-68)64(69)58-54-50-46-42-12-10-8-6-4-2/h11,13,15,18,20,24,26,33,54,58,63-64,68-69H,3-10,12,14,16-17,19,21-23,25,27-32,34-53,55-57,59-62H2,1-2H3,(H,67,70)/b13-11-,20-18-,26-24-,33-15-,58-54+. The van der Waals surface area contributed by atoms with Crippen LogP contribution in [0.1, 0.15) is 322 Å². The number of nitrogens with one attached hydrogen (secondary N) is 1. The Kier molecular flexibility index (Phi) is 59.0. The van der Waals surface area contributed by atoms with Crippen LogP contribution >= 0.6 is 0 Å². The topological polar surface area (TPSA) is 95.9 Å². The molecule has 0 aromatic rings. The molecule has 2 atom stereocenters. The molecule has 1 amide bonds. The number of aliphatic hydroxyl groups is 2. The Labute approximate surface area is 448 Å². The van der Waals surface area contributed by atoms with Gasteiger partial charge in [-0.05, 0) is 96.3 Å². The van der Waals surface area contributed by atoms with Gasteiger partial charge in [-0.3, -0.25) is 9.59 Å². The highest BCUT2D eigenvalue weighted by molar-refractivity contribution is 5.76. The fourth-order valence-corrected chi connectivity index (χ4v) is 9.40. The Balaban J connectivity index is 3.39. The maximum atomic E-state index is 12.4. The number of unbranched alkanes of at least 4 members (excludes halogenated alkanes) is 39. The highest BCUT2D eigenvalue weighted by Gasteiger charge is 2.18. The van der Waals surface area contributed by atoms with Crippen LogP contribution in [0.25, 0.3) is 0 Å². The molecule has 0 fully saturated rings. The van der Waals surface area contributed by atoms with Crippen molar-refractivity contribution >= 4 is 11.9 Å². The summed E-state index contributed by atoms with van der Waals surface area (Å²) in [5.41, 5.74) is 0. The second-order valence-electron chi connectivity index (χ2n) is 21.4. The average molecular weight is 1010 g/mol. The van der Waals surface area contributed by atoms with Crippen molar-refractivity contribution < 1.29 is 24.5 Å². The van der Waals surface area contributed by atoms with Crippen molar-refractivity contribution in [1.82, 2.24) is 5.32 Å². The fraction of sp³-hybridized carbons (Fsp3) is 0.818. The number of ether oxygens (including phenoxy) is 1. The summed E-state index contributed by atoms with van der Waals surface area (Å²) < 4.78 is 5.47. The van der Waals surface area contributed by atoms with Crippen molar-refractivity contribution in [3.8, 4) is 0 Å². The molecule has 0 radical (unpaired) electrons. The van der Waals surface area contributed by atoms with Gasteiger partial charge in [-0.15, -0.1) is 0 Å². The first-order valence-corrected chi connectivity index (χ1v) is 31.6. The first-order chi connectivity index (χ1) is 35.5. The number of hydrogen-bond acceptors (Lipinski definition) is 5. The second kappa shape index (κ2) is 61.1. The van der Waals surface area contributed by atoms with Crippen molar-refractivity contribution in [2.45, 2.75) is 334 Å². The van der Waals surface area contributed by atoms with Gasteiger partial charge in [0.1, 0.15) is 0 Å². The summed E-state index contributed by atoms with van der Waals surface area (Å²) in [6.07, 6.45) is 80.0. The van der Waals surface area contributed by atoms with E-state index in [4.69, 9.17) is 4.74 Å². The normalized spacial score (nSPS) is 13.0. The summed E-state index contributed by atoms with van der Waals surface area (Å²) >= 11 is 0. The van der Waals surface area contributed by atoms with Gasteiger partial charge in [0.2, 0.25) is 5.91 Å². The van der Waals surface area contributed by atoms with Crippen LogP contribution in [0.4, 0.5) is 0 Å². The van der Waals surface area contributed by atoms with Crippen molar-refractivity contribution in [3.05, 3.63) is 60.8 Å². The van der Waals surface area contributed by atoms with Crippen molar-refractivity contribution in [1.29, 1.82) is 0 Å². The van der Waals surface area contributed by atoms with Crippen LogP contribution in [0.3, 0.4) is 0 Å². The molecule has 0 aliphatic carbocycles. The van der Waals surface area contributed by atoms with Gasteiger partial charge in [-0.1, -0.05) is 274 Å². The molecule has 72 heavy (non-hydrogen) atoms. The number of amides is 1. The molecule has 0 heterocycles. The van der Waals surface area contributed by atoms with Crippen molar-refractivity contribution in [2.75, 3.05) is 13.2 Å². The van der Waals surface area contributed by atoms with Crippen LogP contribution in [-0.2, 0) is 14.3 Å². The minimum Gasteiger partial charge on any atom is -0.466 e. The number of rotatable bonds is 58. The summed E-state index contributed by atoms with van der Waals surface area (Å²) in [7, 11) is 0. The molecular formula is C66H121NO5. The number of carbonyl (C=O) groups excluding carboxylic acids is 2. The first-order valence-electron chi connectivity index (χ1n) is 31.6. The van der Waals surface area contributed by atoms with E-state index < -0.39 is 12.1 Å². The van der Waals surface area contributed by atoms with Crippen LogP contribution in [0, 0.1) is 0 Å². The largest absolute Gasteiger partial charge is 0.466 e. The molecule has 0 aromatic heterocycles. The molecule has 3 N–H and O–H groups in total. The Bertz CT molecular complexity index is 1250. The average Bonchev–Trinajstić information content (AvgIpc) is 3.38. The Hall–Kier alpha value is -2.44. The van der Waals surface area contributed by atoms with E-state index in [9.17, 15) is 19.8 Å². The lowest BCUT2D eigenvalue weighted by molar-refractivity contribution is -0.143. The maximum Gasteiger partial charge on any atom is 0.305 e. The highest BCUT2D eigenvalue weighted by atomic mass is 16.5. The zero-order chi connectivity index (χ0) is 52.2. The number of hydrogen-bond donors (Lipinski definition) is 3. The van der Waals surface area contributed by atoms with Gasteiger partial charge in [0.25, 0.3) is 0 Å². The van der Waals surface area contributed by atoms with Gasteiger partial charge in [-0.2, -0.15) is 0 Å². The summed E-state index contributed by atoms with van der Waals surface area (Å²) in [5, 5.41) is 22.9. The van der Waals surface area contributed by atoms with Crippen LogP contribution in [0.15, 0.2) is 60.8 Å². The van der Waals surface area contributed by atoms with E-state index >= 15 is 0 Å². The van der Waals surface area contributed by atoms with Crippen molar-refractivity contribution in [2.24, 2.45) is 0 Å². The number of carbonyl (C=O) groups is 2. The maximum absolute atomic E-state index is 12.4. The third kappa shape index (κ3) is 56.8. The fourth-order valence-electron chi connectivity index (χ4n) is 9.40. The predicted octanol–water partition coefficient (Wildman–Crippen LogP) is 19.9. The molecule has 0 aromatic carbocycles. The minimum absolute atomic E-state index is 0.00184. The van der Waals surface area contributed by atoms with Gasteiger partial charge in [-0.25, -0.2) is 0 Å². The molecule has 6 nitrogen and oxygen atoms in total. The summed E-state index contributed by atoms with van der Waals surface area (Å²) in [6, 6.07) is -0.626. The monoisotopic (exact) mass is 1010 g/mol. The van der Waals surface area contributed by atoms with Gasteiger partial charge in [0.05, 0.1) is 25.4 Å². The zero-order valence-electron chi connectivity index (χ0n) is 47.9. The lowest BCUT2D eigenvalue weighted by atomic mass is 10.0. The quantitative estimate of drug-likeness (QED) is 0.0320. The van der Waals surface area contributed by atoms with E-state index in [1.807, 2.05) is 6.08 Å². The molecule has 420 valence electrons. The number of aliphatic hydroxyl groups excluding tert-OH is 2.